The maximum Gasteiger partial charge on any atom is 0.417 e. The van der Waals surface area contributed by atoms with E-state index in [4.69, 9.17) is 0 Å². The topological polar surface area (TPSA) is 69.7 Å². The molecule has 184 valence electrons. The molecule has 2 aromatic carbocycles. The average molecular weight is 486 g/mol. The van der Waals surface area contributed by atoms with E-state index in [-0.39, 0.29) is 42.0 Å². The van der Waals surface area contributed by atoms with Gasteiger partial charge in [0, 0.05) is 25.1 Å². The Morgan fingerprint density at radius 3 is 2.31 bits per heavy atom. The van der Waals surface area contributed by atoms with E-state index in [1.807, 2.05) is 30.3 Å². The predicted molar refractivity (Wildman–Crippen MR) is 121 cm³/mol. The quantitative estimate of drug-likeness (QED) is 0.669. The summed E-state index contributed by atoms with van der Waals surface area (Å²) in [6, 6.07) is 12.0. The third kappa shape index (κ3) is 4.57. The third-order valence-corrected chi connectivity index (χ3v) is 7.31. The van der Waals surface area contributed by atoms with Gasteiger partial charge in [-0.2, -0.15) is 13.2 Å². The maximum atomic E-state index is 14.4. The van der Waals surface area contributed by atoms with Crippen LogP contribution in [0.3, 0.4) is 0 Å². The molecule has 0 aromatic heterocycles. The van der Waals surface area contributed by atoms with E-state index in [9.17, 15) is 27.6 Å². The molecule has 2 aromatic rings. The second-order valence-electron chi connectivity index (χ2n) is 9.49. The highest BCUT2D eigenvalue weighted by atomic mass is 19.4. The van der Waals surface area contributed by atoms with Gasteiger partial charge in [0.05, 0.1) is 5.56 Å². The van der Waals surface area contributed by atoms with Crippen molar-refractivity contribution in [1.82, 2.24) is 15.1 Å². The van der Waals surface area contributed by atoms with Crippen molar-refractivity contribution < 1.29 is 27.6 Å². The number of hydrogen-bond donors (Lipinski definition) is 1. The van der Waals surface area contributed by atoms with Crippen LogP contribution < -0.4 is 5.32 Å². The van der Waals surface area contributed by atoms with Crippen molar-refractivity contribution in [2.45, 2.75) is 56.9 Å². The normalized spacial score (nSPS) is 21.9. The number of benzene rings is 2. The first-order chi connectivity index (χ1) is 16.7. The summed E-state index contributed by atoms with van der Waals surface area (Å²) in [6.07, 6.45) is -3.27. The van der Waals surface area contributed by atoms with Crippen LogP contribution in [0, 0.1) is 0 Å². The standard InChI is InChI=1S/C26H26F3N3O3/c27-26(28,29)23-18(17-10-12-31(13-11-17)14-16-4-2-1-3-5-16)6-7-19-20(23)15-32(25(19)35)21-8-9-22(33)30-24(21)34/h1-7,17,21H,8-15H2,(H,30,33,34). The highest BCUT2D eigenvalue weighted by Crippen LogP contribution is 2.44. The predicted octanol–water partition coefficient (Wildman–Crippen LogP) is 3.85. The fourth-order valence-electron chi connectivity index (χ4n) is 5.58. The van der Waals surface area contributed by atoms with Crippen LogP contribution in [0.4, 0.5) is 13.2 Å². The number of likely N-dealkylation sites (tertiary alicyclic amines) is 1. The van der Waals surface area contributed by atoms with Gasteiger partial charge < -0.3 is 4.90 Å². The van der Waals surface area contributed by atoms with Crippen LogP contribution in [-0.4, -0.2) is 46.7 Å². The lowest BCUT2D eigenvalue weighted by atomic mass is 9.83. The van der Waals surface area contributed by atoms with Gasteiger partial charge in [-0.05, 0) is 61.0 Å². The Balaban J connectivity index is 1.38. The highest BCUT2D eigenvalue weighted by molar-refractivity contribution is 6.05. The summed E-state index contributed by atoms with van der Waals surface area (Å²) < 4.78 is 43.1. The second-order valence-corrected chi connectivity index (χ2v) is 9.49. The lowest BCUT2D eigenvalue weighted by Crippen LogP contribution is -2.52. The molecule has 3 amide bonds. The number of alkyl halides is 3. The smallest absolute Gasteiger partial charge is 0.322 e. The largest absolute Gasteiger partial charge is 0.417 e. The Morgan fingerprint density at radius 1 is 0.943 bits per heavy atom. The Kier molecular flexibility index (Phi) is 6.13. The highest BCUT2D eigenvalue weighted by Gasteiger charge is 2.46. The minimum Gasteiger partial charge on any atom is -0.322 e. The number of fused-ring (bicyclic) bond motifs is 1. The number of nitrogens with one attached hydrogen (secondary N) is 1. The lowest BCUT2D eigenvalue weighted by Gasteiger charge is -2.33. The van der Waals surface area contributed by atoms with Gasteiger partial charge in [-0.3, -0.25) is 24.6 Å². The number of hydrogen-bond acceptors (Lipinski definition) is 4. The first-order valence-corrected chi connectivity index (χ1v) is 11.9. The molecular formula is C26H26F3N3O3. The zero-order valence-electron chi connectivity index (χ0n) is 19.1. The second kappa shape index (κ2) is 9.11. The average Bonchev–Trinajstić information content (AvgIpc) is 3.15. The van der Waals surface area contributed by atoms with Crippen molar-refractivity contribution >= 4 is 17.7 Å². The minimum absolute atomic E-state index is 0.00714. The van der Waals surface area contributed by atoms with Crippen molar-refractivity contribution in [2.24, 2.45) is 0 Å². The van der Waals surface area contributed by atoms with Gasteiger partial charge in [-0.15, -0.1) is 0 Å². The Hall–Kier alpha value is -3.20. The first kappa shape index (κ1) is 23.5. The van der Waals surface area contributed by atoms with E-state index >= 15 is 0 Å². The molecule has 0 aliphatic carbocycles. The monoisotopic (exact) mass is 485 g/mol. The summed E-state index contributed by atoms with van der Waals surface area (Å²) >= 11 is 0. The maximum absolute atomic E-state index is 14.4. The third-order valence-electron chi connectivity index (χ3n) is 7.31. The molecule has 3 heterocycles. The van der Waals surface area contributed by atoms with Crippen molar-refractivity contribution in [3.8, 4) is 0 Å². The molecule has 1 atom stereocenters. The van der Waals surface area contributed by atoms with E-state index in [0.29, 0.717) is 25.9 Å². The molecule has 2 saturated heterocycles. The Bertz CT molecular complexity index is 1160. The van der Waals surface area contributed by atoms with E-state index in [0.717, 1.165) is 6.54 Å². The number of carbonyl (C=O) groups is 3. The zero-order chi connectivity index (χ0) is 24.7. The SMILES string of the molecule is O=C1CCC(N2Cc3c(ccc(C4CCN(Cc5ccccc5)CC4)c3C(F)(F)F)C2=O)C(=O)N1. The lowest BCUT2D eigenvalue weighted by molar-refractivity contribution is -0.139. The summed E-state index contributed by atoms with van der Waals surface area (Å²) in [5, 5.41) is 2.18. The van der Waals surface area contributed by atoms with Gasteiger partial charge in [0.15, 0.2) is 0 Å². The molecule has 1 unspecified atom stereocenters. The minimum atomic E-state index is -4.62. The molecule has 2 fully saturated rings. The molecule has 6 nitrogen and oxygen atoms in total. The van der Waals surface area contributed by atoms with Crippen LogP contribution in [-0.2, 0) is 28.9 Å². The van der Waals surface area contributed by atoms with Gasteiger partial charge in [-0.1, -0.05) is 36.4 Å². The van der Waals surface area contributed by atoms with Gasteiger partial charge in [-0.25, -0.2) is 0 Å². The van der Waals surface area contributed by atoms with Crippen LogP contribution in [0.5, 0.6) is 0 Å². The zero-order valence-corrected chi connectivity index (χ0v) is 19.1. The van der Waals surface area contributed by atoms with Crippen LogP contribution in [0.2, 0.25) is 0 Å². The number of nitrogens with zero attached hydrogens (tertiary/aromatic N) is 2. The molecule has 1 N–H and O–H groups in total. The number of halogens is 3. The molecule has 35 heavy (non-hydrogen) atoms. The number of carbonyl (C=O) groups excluding carboxylic acids is 3. The van der Waals surface area contributed by atoms with Gasteiger partial charge in [0.25, 0.3) is 5.91 Å². The van der Waals surface area contributed by atoms with Crippen molar-refractivity contribution in [3.63, 3.8) is 0 Å². The molecule has 0 radical (unpaired) electrons. The van der Waals surface area contributed by atoms with Gasteiger partial charge in [0.1, 0.15) is 6.04 Å². The van der Waals surface area contributed by atoms with Crippen LogP contribution >= 0.6 is 0 Å². The molecular weight excluding hydrogens is 459 g/mol. The van der Waals surface area contributed by atoms with E-state index < -0.39 is 35.5 Å². The van der Waals surface area contributed by atoms with Gasteiger partial charge >= 0.3 is 6.18 Å². The fourth-order valence-corrected chi connectivity index (χ4v) is 5.58. The van der Waals surface area contributed by atoms with E-state index in [1.54, 1.807) is 0 Å². The van der Waals surface area contributed by atoms with Crippen molar-refractivity contribution in [2.75, 3.05) is 13.1 Å². The molecule has 3 aliphatic heterocycles. The van der Waals surface area contributed by atoms with E-state index in [2.05, 4.69) is 10.2 Å². The molecule has 0 spiro atoms. The molecule has 3 aliphatic rings. The number of rotatable bonds is 4. The van der Waals surface area contributed by atoms with Crippen molar-refractivity contribution in [3.05, 3.63) is 70.3 Å². The van der Waals surface area contributed by atoms with Gasteiger partial charge in [0.2, 0.25) is 11.8 Å². The number of amides is 3. The summed E-state index contributed by atoms with van der Waals surface area (Å²) in [6.45, 7) is 1.86. The van der Waals surface area contributed by atoms with Crippen molar-refractivity contribution in [1.29, 1.82) is 0 Å². The van der Waals surface area contributed by atoms with Crippen LogP contribution in [0.15, 0.2) is 42.5 Å². The summed E-state index contributed by atoms with van der Waals surface area (Å²) in [4.78, 5) is 40.2. The van der Waals surface area contributed by atoms with E-state index in [1.165, 1.54) is 22.6 Å². The molecule has 5 rings (SSSR count). The number of piperidine rings is 2. The Labute approximate surface area is 201 Å². The molecule has 0 saturated carbocycles. The summed E-state index contributed by atoms with van der Waals surface area (Å²) in [5.74, 6) is -1.93. The first-order valence-electron chi connectivity index (χ1n) is 11.9. The molecule has 9 heteroatoms. The van der Waals surface area contributed by atoms with Crippen LogP contribution in [0.25, 0.3) is 0 Å². The fraction of sp³-hybridized carbons (Fsp3) is 0.423. The number of imide groups is 1. The summed E-state index contributed by atoms with van der Waals surface area (Å²) in [5.41, 5.74) is 0.600. The summed E-state index contributed by atoms with van der Waals surface area (Å²) in [7, 11) is 0. The molecule has 0 bridgehead atoms. The van der Waals surface area contributed by atoms with Crippen LogP contribution in [0.1, 0.15) is 64.2 Å². The Morgan fingerprint density at radius 2 is 1.66 bits per heavy atom.